The van der Waals surface area contributed by atoms with Crippen LogP contribution >= 0.6 is 11.3 Å². The lowest BCUT2D eigenvalue weighted by Gasteiger charge is -2.23. The van der Waals surface area contributed by atoms with Crippen molar-refractivity contribution in [2.24, 2.45) is 0 Å². The molecule has 154 valence electrons. The molecule has 30 heavy (non-hydrogen) atoms. The van der Waals surface area contributed by atoms with Crippen LogP contribution < -0.4 is 10.5 Å². The Morgan fingerprint density at radius 2 is 1.83 bits per heavy atom. The Kier molecular flexibility index (Phi) is 4.82. The summed E-state index contributed by atoms with van der Waals surface area (Å²) in [6.07, 6.45) is 7.54. The summed E-state index contributed by atoms with van der Waals surface area (Å²) in [6.45, 7) is 2.08. The van der Waals surface area contributed by atoms with Crippen LogP contribution in [0.25, 0.3) is 31.7 Å². The van der Waals surface area contributed by atoms with E-state index in [1.807, 2.05) is 18.7 Å². The smallest absolute Gasteiger partial charge is 0.271 e. The Labute approximate surface area is 180 Å². The first-order valence-electron chi connectivity index (χ1n) is 10.6. The van der Waals surface area contributed by atoms with Gasteiger partial charge in [-0.05, 0) is 25.8 Å². The molecule has 1 saturated carbocycles. The Bertz CT molecular complexity index is 1280. The van der Waals surface area contributed by atoms with Gasteiger partial charge in [0.05, 0.1) is 28.6 Å². The fraction of sp³-hybridized carbons (Fsp3) is 0.375. The zero-order valence-electron chi connectivity index (χ0n) is 17.7. The van der Waals surface area contributed by atoms with Crippen molar-refractivity contribution in [1.29, 1.82) is 0 Å². The molecule has 1 aliphatic carbocycles. The van der Waals surface area contributed by atoms with Gasteiger partial charge in [0.1, 0.15) is 9.53 Å². The average molecular weight is 419 g/mol. The van der Waals surface area contributed by atoms with Gasteiger partial charge in [-0.1, -0.05) is 49.1 Å². The Morgan fingerprint density at radius 1 is 1.10 bits per heavy atom. The molecule has 0 atom stereocenters. The lowest BCUT2D eigenvalue weighted by Crippen LogP contribution is -2.26. The number of nitrogens with zero attached hydrogens (tertiary/aromatic N) is 4. The maximum absolute atomic E-state index is 13.4. The number of rotatable bonds is 3. The number of anilines is 1. The van der Waals surface area contributed by atoms with E-state index in [0.29, 0.717) is 0 Å². The highest BCUT2D eigenvalue weighted by atomic mass is 32.1. The van der Waals surface area contributed by atoms with Crippen molar-refractivity contribution in [1.82, 2.24) is 14.5 Å². The largest absolute Gasteiger partial charge is 0.377 e. The third-order valence-corrected chi connectivity index (χ3v) is 7.21. The minimum atomic E-state index is 0.0801. The third kappa shape index (κ3) is 3.19. The number of aryl methyl sites for hydroxylation is 1. The van der Waals surface area contributed by atoms with Crippen molar-refractivity contribution in [2.75, 3.05) is 19.0 Å². The summed E-state index contributed by atoms with van der Waals surface area (Å²) in [6, 6.07) is 10.8. The Balaban J connectivity index is 1.73. The molecule has 0 N–H and O–H groups in total. The average Bonchev–Trinajstić information content (AvgIpc) is 3.14. The van der Waals surface area contributed by atoms with E-state index in [0.717, 1.165) is 50.2 Å². The summed E-state index contributed by atoms with van der Waals surface area (Å²) in [5.74, 6) is 0. The van der Waals surface area contributed by atoms with Gasteiger partial charge in [0.25, 0.3) is 5.56 Å². The van der Waals surface area contributed by atoms with Crippen LogP contribution in [-0.2, 0) is 0 Å². The SMILES string of the molecule is Cc1ccc(-c2cc(N(C)C)c3c(n2)sc2c(=O)n(C4CCCCC4)cnc23)cc1. The molecule has 0 radical (unpaired) electrons. The second-order valence-electron chi connectivity index (χ2n) is 8.50. The van der Waals surface area contributed by atoms with Crippen LogP contribution in [0.4, 0.5) is 5.69 Å². The molecule has 1 aromatic carbocycles. The van der Waals surface area contributed by atoms with Crippen molar-refractivity contribution in [3.05, 3.63) is 52.6 Å². The molecule has 6 heteroatoms. The van der Waals surface area contributed by atoms with E-state index in [4.69, 9.17) is 9.97 Å². The van der Waals surface area contributed by atoms with E-state index in [-0.39, 0.29) is 11.6 Å². The topological polar surface area (TPSA) is 51.0 Å². The van der Waals surface area contributed by atoms with E-state index in [9.17, 15) is 4.79 Å². The molecule has 5 nitrogen and oxygen atoms in total. The number of pyridine rings is 1. The highest BCUT2D eigenvalue weighted by Crippen LogP contribution is 2.38. The molecule has 0 spiro atoms. The molecule has 1 fully saturated rings. The first-order valence-corrected chi connectivity index (χ1v) is 11.4. The fourth-order valence-electron chi connectivity index (χ4n) is 4.47. The van der Waals surface area contributed by atoms with Crippen LogP contribution in [0.2, 0.25) is 0 Å². The van der Waals surface area contributed by atoms with Crippen molar-refractivity contribution in [3.63, 3.8) is 0 Å². The van der Waals surface area contributed by atoms with Crippen LogP contribution in [0.1, 0.15) is 43.7 Å². The van der Waals surface area contributed by atoms with E-state index in [2.05, 4.69) is 42.2 Å². The standard InChI is InChI=1S/C24H26N4OS/c1-15-9-11-16(12-10-15)18-13-19(27(2)3)20-21-22(30-23(20)26-18)24(29)28(14-25-21)17-7-5-4-6-8-17/h9-14,17H,4-8H2,1-3H3. The first-order chi connectivity index (χ1) is 14.5. The fourth-order valence-corrected chi connectivity index (χ4v) is 5.55. The zero-order valence-corrected chi connectivity index (χ0v) is 18.5. The number of thiophene rings is 1. The molecule has 1 aliphatic rings. The number of aromatic nitrogens is 3. The number of hydrogen-bond donors (Lipinski definition) is 0. The highest BCUT2D eigenvalue weighted by molar-refractivity contribution is 7.25. The summed E-state index contributed by atoms with van der Waals surface area (Å²) in [7, 11) is 4.06. The predicted molar refractivity (Wildman–Crippen MR) is 126 cm³/mol. The molecule has 4 aromatic rings. The number of fused-ring (bicyclic) bond motifs is 3. The number of hydrogen-bond acceptors (Lipinski definition) is 5. The van der Waals surface area contributed by atoms with Crippen LogP contribution in [0.15, 0.2) is 41.5 Å². The van der Waals surface area contributed by atoms with Crippen molar-refractivity contribution in [2.45, 2.75) is 45.1 Å². The van der Waals surface area contributed by atoms with Crippen LogP contribution in [0.3, 0.4) is 0 Å². The van der Waals surface area contributed by atoms with Crippen LogP contribution in [0.5, 0.6) is 0 Å². The maximum Gasteiger partial charge on any atom is 0.271 e. The van der Waals surface area contributed by atoms with E-state index in [1.54, 1.807) is 6.33 Å². The van der Waals surface area contributed by atoms with Crippen molar-refractivity contribution >= 4 is 37.5 Å². The monoisotopic (exact) mass is 418 g/mol. The Hall–Kier alpha value is -2.73. The first kappa shape index (κ1) is 19.2. The van der Waals surface area contributed by atoms with E-state index < -0.39 is 0 Å². The van der Waals surface area contributed by atoms with Gasteiger partial charge in [0, 0.05) is 25.7 Å². The minimum absolute atomic E-state index is 0.0801. The van der Waals surface area contributed by atoms with Crippen LogP contribution in [-0.4, -0.2) is 28.6 Å². The van der Waals surface area contributed by atoms with E-state index >= 15 is 0 Å². The van der Waals surface area contributed by atoms with Gasteiger partial charge in [0.15, 0.2) is 0 Å². The van der Waals surface area contributed by atoms with Crippen molar-refractivity contribution < 1.29 is 0 Å². The number of benzene rings is 1. The predicted octanol–water partition coefficient (Wildman–Crippen LogP) is 5.55. The highest BCUT2D eigenvalue weighted by Gasteiger charge is 2.22. The molecule has 0 bridgehead atoms. The summed E-state index contributed by atoms with van der Waals surface area (Å²) in [4.78, 5) is 26.0. The summed E-state index contributed by atoms with van der Waals surface area (Å²) in [5, 5.41) is 0.976. The molecule has 3 aromatic heterocycles. The molecule has 0 amide bonds. The summed E-state index contributed by atoms with van der Waals surface area (Å²) in [5.41, 5.74) is 5.13. The van der Waals surface area contributed by atoms with Gasteiger partial charge >= 0.3 is 0 Å². The van der Waals surface area contributed by atoms with Gasteiger partial charge < -0.3 is 4.90 Å². The maximum atomic E-state index is 13.4. The molecular weight excluding hydrogens is 392 g/mol. The minimum Gasteiger partial charge on any atom is -0.377 e. The van der Waals surface area contributed by atoms with Crippen molar-refractivity contribution in [3.8, 4) is 11.3 Å². The van der Waals surface area contributed by atoms with Gasteiger partial charge in [-0.25, -0.2) is 9.97 Å². The van der Waals surface area contributed by atoms with Crippen LogP contribution in [0, 0.1) is 6.92 Å². The zero-order chi connectivity index (χ0) is 20.8. The van der Waals surface area contributed by atoms with Gasteiger partial charge in [-0.2, -0.15) is 0 Å². The van der Waals surface area contributed by atoms with Gasteiger partial charge in [-0.15, -0.1) is 11.3 Å². The molecule has 3 heterocycles. The summed E-state index contributed by atoms with van der Waals surface area (Å²) < 4.78 is 2.59. The lowest BCUT2D eigenvalue weighted by atomic mass is 9.95. The molecule has 0 saturated heterocycles. The van der Waals surface area contributed by atoms with Gasteiger partial charge in [0.2, 0.25) is 0 Å². The molecule has 5 rings (SSSR count). The van der Waals surface area contributed by atoms with Gasteiger partial charge in [-0.3, -0.25) is 9.36 Å². The Morgan fingerprint density at radius 3 is 2.53 bits per heavy atom. The second-order valence-corrected chi connectivity index (χ2v) is 9.49. The molecular formula is C24H26N4OS. The normalized spacial score (nSPS) is 15.2. The lowest BCUT2D eigenvalue weighted by molar-refractivity contribution is 0.345. The third-order valence-electron chi connectivity index (χ3n) is 6.15. The molecule has 0 unspecified atom stereocenters. The molecule has 0 aliphatic heterocycles. The quantitative estimate of drug-likeness (QED) is 0.437. The summed E-state index contributed by atoms with van der Waals surface area (Å²) >= 11 is 1.48. The second kappa shape index (κ2) is 7.51. The van der Waals surface area contributed by atoms with E-state index in [1.165, 1.54) is 36.2 Å².